The molecule has 0 spiro atoms. The molecule has 1 N–H and O–H groups in total. The Morgan fingerprint density at radius 2 is 2.44 bits per heavy atom. The van der Waals surface area contributed by atoms with Gasteiger partial charge in [0.05, 0.1) is 0 Å². The third-order valence-electron chi connectivity index (χ3n) is 1.00. The molecule has 1 atom stereocenters. The average Bonchev–Trinajstić information content (AvgIpc) is 1.82. The van der Waals surface area contributed by atoms with Gasteiger partial charge in [-0.3, -0.25) is 0 Å². The van der Waals surface area contributed by atoms with Gasteiger partial charge in [0.1, 0.15) is 0 Å². The van der Waals surface area contributed by atoms with Crippen molar-refractivity contribution in [3.63, 3.8) is 0 Å². The Morgan fingerprint density at radius 3 is 2.56 bits per heavy atom. The monoisotopic (exact) mass is 127 g/mol. The smallest absolute Gasteiger partial charge is 0.387 e. The molecular formula is C6H9NO2. The lowest BCUT2D eigenvalue weighted by Gasteiger charge is -1.93. The third kappa shape index (κ3) is 2.70. The summed E-state index contributed by atoms with van der Waals surface area (Å²) >= 11 is 0. The first-order valence-electron chi connectivity index (χ1n) is 2.81. The highest BCUT2D eigenvalue weighted by Crippen LogP contribution is 2.00. The third-order valence-corrected chi connectivity index (χ3v) is 1.00. The minimum absolute atomic E-state index is 0.457. The highest BCUT2D eigenvalue weighted by atomic mass is 16.4. The molecule has 0 aromatic heterocycles. The topological polar surface area (TPSA) is 41.7 Å². The summed E-state index contributed by atoms with van der Waals surface area (Å²) in [6, 6.07) is -0.824. The molecule has 0 aliphatic carbocycles. The number of nitrogens with zero attached hydrogens (tertiary/aromatic N) is 1. The van der Waals surface area contributed by atoms with Crippen LogP contribution in [0.5, 0.6) is 0 Å². The standard InChI is InChI=1S/C6H9NO2/c1-3-4-5(7-2)6(8)9/h5H,3-4H2,1H3,(H,8,9). The van der Waals surface area contributed by atoms with Gasteiger partial charge in [0.2, 0.25) is 0 Å². The molecule has 0 aromatic carbocycles. The molecule has 3 nitrogen and oxygen atoms in total. The zero-order valence-corrected chi connectivity index (χ0v) is 5.29. The molecule has 0 rings (SSSR count). The van der Waals surface area contributed by atoms with Crippen molar-refractivity contribution in [2.75, 3.05) is 0 Å². The number of hydrogen-bond donors (Lipinski definition) is 1. The maximum absolute atomic E-state index is 10.1. The molecule has 0 aliphatic heterocycles. The molecule has 1 unspecified atom stereocenters. The molecule has 0 bridgehead atoms. The van der Waals surface area contributed by atoms with E-state index in [0.717, 1.165) is 6.42 Å². The van der Waals surface area contributed by atoms with E-state index in [1.54, 1.807) is 0 Å². The van der Waals surface area contributed by atoms with Gasteiger partial charge in [0.15, 0.2) is 0 Å². The first kappa shape index (κ1) is 7.96. The highest BCUT2D eigenvalue weighted by molar-refractivity contribution is 5.75. The predicted octanol–water partition coefficient (Wildman–Crippen LogP) is 1.16. The number of carbonyl (C=O) groups is 1. The van der Waals surface area contributed by atoms with E-state index in [1.165, 1.54) is 0 Å². The van der Waals surface area contributed by atoms with Crippen molar-refractivity contribution < 1.29 is 9.90 Å². The summed E-state index contributed by atoms with van der Waals surface area (Å²) in [5.74, 6) is -1.01. The summed E-state index contributed by atoms with van der Waals surface area (Å²) in [6.07, 6.45) is 1.21. The molecule has 0 saturated heterocycles. The number of carboxylic acids is 1. The van der Waals surface area contributed by atoms with Gasteiger partial charge in [-0.1, -0.05) is 6.92 Å². The maximum atomic E-state index is 10.1. The van der Waals surface area contributed by atoms with Crippen LogP contribution in [-0.4, -0.2) is 17.1 Å². The van der Waals surface area contributed by atoms with Crippen LogP contribution in [0.4, 0.5) is 0 Å². The van der Waals surface area contributed by atoms with E-state index in [9.17, 15) is 4.79 Å². The lowest BCUT2D eigenvalue weighted by molar-refractivity contribution is -0.137. The average molecular weight is 127 g/mol. The van der Waals surface area contributed by atoms with E-state index in [-0.39, 0.29) is 0 Å². The second-order valence-corrected chi connectivity index (χ2v) is 1.77. The van der Waals surface area contributed by atoms with Gasteiger partial charge in [-0.25, -0.2) is 11.4 Å². The Morgan fingerprint density at radius 1 is 1.89 bits per heavy atom. The van der Waals surface area contributed by atoms with Crippen molar-refractivity contribution in [2.45, 2.75) is 25.8 Å². The molecule has 0 amide bonds. The van der Waals surface area contributed by atoms with Gasteiger partial charge in [0.25, 0.3) is 0 Å². The van der Waals surface area contributed by atoms with Gasteiger partial charge in [-0.15, -0.1) is 0 Å². The second kappa shape index (κ2) is 3.90. The first-order valence-corrected chi connectivity index (χ1v) is 2.81. The minimum Gasteiger partial charge on any atom is -0.476 e. The second-order valence-electron chi connectivity index (χ2n) is 1.77. The van der Waals surface area contributed by atoms with Crippen LogP contribution in [0.2, 0.25) is 0 Å². The van der Waals surface area contributed by atoms with Gasteiger partial charge >= 0.3 is 12.0 Å². The summed E-state index contributed by atoms with van der Waals surface area (Å²) in [5, 5.41) is 8.29. The van der Waals surface area contributed by atoms with Crippen molar-refractivity contribution in [3.8, 4) is 0 Å². The lowest BCUT2D eigenvalue weighted by Crippen LogP contribution is -2.14. The molecule has 0 fully saturated rings. The van der Waals surface area contributed by atoms with Gasteiger partial charge in [0, 0.05) is 6.42 Å². The Bertz CT molecular complexity index is 136. The highest BCUT2D eigenvalue weighted by Gasteiger charge is 2.19. The van der Waals surface area contributed by atoms with Crippen molar-refractivity contribution in [1.29, 1.82) is 0 Å². The Hall–Kier alpha value is -1.04. The quantitative estimate of drug-likeness (QED) is 0.578. The first-order chi connectivity index (χ1) is 4.22. The summed E-state index contributed by atoms with van der Waals surface area (Å²) in [7, 11) is 0. The van der Waals surface area contributed by atoms with Crippen LogP contribution in [-0.2, 0) is 4.79 Å². The fourth-order valence-corrected chi connectivity index (χ4v) is 0.517. The van der Waals surface area contributed by atoms with Crippen molar-refractivity contribution in [3.05, 3.63) is 11.4 Å². The number of hydrogen-bond acceptors (Lipinski definition) is 1. The molecule has 0 aliphatic rings. The van der Waals surface area contributed by atoms with Gasteiger partial charge in [-0.2, -0.15) is 0 Å². The molecule has 9 heavy (non-hydrogen) atoms. The van der Waals surface area contributed by atoms with Crippen LogP contribution in [0.25, 0.3) is 4.85 Å². The lowest BCUT2D eigenvalue weighted by atomic mass is 10.2. The van der Waals surface area contributed by atoms with Crippen LogP contribution >= 0.6 is 0 Å². The zero-order chi connectivity index (χ0) is 7.28. The van der Waals surface area contributed by atoms with Crippen LogP contribution in [0.1, 0.15) is 19.8 Å². The molecule has 0 aromatic rings. The largest absolute Gasteiger partial charge is 0.476 e. The van der Waals surface area contributed by atoms with Gasteiger partial charge < -0.3 is 9.95 Å². The maximum Gasteiger partial charge on any atom is 0.387 e. The molecule has 50 valence electrons. The SMILES string of the molecule is [C-]#[N+]C(CCC)C(=O)O. The fourth-order valence-electron chi connectivity index (χ4n) is 0.517. The van der Waals surface area contributed by atoms with E-state index in [1.807, 2.05) is 6.92 Å². The van der Waals surface area contributed by atoms with E-state index in [2.05, 4.69) is 4.85 Å². The van der Waals surface area contributed by atoms with Crippen molar-refractivity contribution >= 4 is 5.97 Å². The van der Waals surface area contributed by atoms with Crippen molar-refractivity contribution in [2.24, 2.45) is 0 Å². The Kier molecular flexibility index (Phi) is 3.45. The van der Waals surface area contributed by atoms with Crippen LogP contribution in [0.15, 0.2) is 0 Å². The minimum atomic E-state index is -1.01. The zero-order valence-electron chi connectivity index (χ0n) is 5.29. The summed E-state index contributed by atoms with van der Waals surface area (Å²) in [6.45, 7) is 8.30. The molecule has 0 radical (unpaired) electrons. The van der Waals surface area contributed by atoms with E-state index in [0.29, 0.717) is 6.42 Å². The molecule has 3 heteroatoms. The van der Waals surface area contributed by atoms with Crippen LogP contribution in [0, 0.1) is 6.57 Å². The number of carboxylic acid groups (broad SMARTS) is 1. The van der Waals surface area contributed by atoms with Crippen molar-refractivity contribution in [1.82, 2.24) is 0 Å². The Labute approximate surface area is 54.1 Å². The van der Waals surface area contributed by atoms with E-state index < -0.39 is 12.0 Å². The normalized spacial score (nSPS) is 12.0. The number of rotatable bonds is 3. The van der Waals surface area contributed by atoms with E-state index >= 15 is 0 Å². The van der Waals surface area contributed by atoms with E-state index in [4.69, 9.17) is 11.7 Å². The van der Waals surface area contributed by atoms with Crippen LogP contribution < -0.4 is 0 Å². The van der Waals surface area contributed by atoms with Gasteiger partial charge in [-0.05, 0) is 6.42 Å². The molecule has 0 saturated carbocycles. The fraction of sp³-hybridized carbons (Fsp3) is 0.667. The molecule has 0 heterocycles. The van der Waals surface area contributed by atoms with Crippen LogP contribution in [0.3, 0.4) is 0 Å². The predicted molar refractivity (Wildman–Crippen MR) is 32.9 cm³/mol. The summed E-state index contributed by atoms with van der Waals surface area (Å²) in [4.78, 5) is 13.0. The summed E-state index contributed by atoms with van der Waals surface area (Å²) in [5.41, 5.74) is 0. The Balaban J connectivity index is 3.72. The molecular weight excluding hydrogens is 118 g/mol. The summed E-state index contributed by atoms with van der Waals surface area (Å²) < 4.78 is 0. The number of aliphatic carboxylic acids is 1.